The van der Waals surface area contributed by atoms with Crippen molar-refractivity contribution in [1.82, 2.24) is 0 Å². The van der Waals surface area contributed by atoms with E-state index in [0.717, 1.165) is 13.0 Å². The second-order valence-electron chi connectivity index (χ2n) is 2.12. The maximum absolute atomic E-state index is 8.51. The lowest BCUT2D eigenvalue weighted by Crippen LogP contribution is -2.01. The lowest BCUT2D eigenvalue weighted by Gasteiger charge is -1.93. The minimum atomic E-state index is -1.17. The SMILES string of the molecule is NCCc1ccccc1.O=[PH+]O. The van der Waals surface area contributed by atoms with Crippen molar-refractivity contribution < 1.29 is 9.46 Å². The molecule has 1 aromatic rings. The van der Waals surface area contributed by atoms with E-state index in [-0.39, 0.29) is 0 Å². The molecule has 0 saturated heterocycles. The van der Waals surface area contributed by atoms with E-state index in [1.165, 1.54) is 5.56 Å². The number of nitrogens with two attached hydrogens (primary N) is 1. The first kappa shape index (κ1) is 11.2. The Hall–Kier alpha value is -0.760. The van der Waals surface area contributed by atoms with Crippen molar-refractivity contribution >= 4 is 8.69 Å². The zero-order valence-corrected chi connectivity index (χ0v) is 7.73. The molecule has 66 valence electrons. The van der Waals surface area contributed by atoms with Gasteiger partial charge in [0.05, 0.1) is 0 Å². The van der Waals surface area contributed by atoms with Crippen LogP contribution in [-0.2, 0) is 11.0 Å². The van der Waals surface area contributed by atoms with Gasteiger partial charge in [0.25, 0.3) is 0 Å². The fourth-order valence-corrected chi connectivity index (χ4v) is 0.811. The lowest BCUT2D eigenvalue weighted by molar-refractivity contribution is 0.524. The summed E-state index contributed by atoms with van der Waals surface area (Å²) < 4.78 is 8.51. The maximum atomic E-state index is 8.51. The minimum absolute atomic E-state index is 0.740. The van der Waals surface area contributed by atoms with Crippen LogP contribution in [0.2, 0.25) is 0 Å². The van der Waals surface area contributed by atoms with Crippen LogP contribution >= 0.6 is 8.69 Å². The summed E-state index contributed by atoms with van der Waals surface area (Å²) in [6, 6.07) is 10.3. The molecule has 0 fully saturated rings. The molecular weight excluding hydrogens is 173 g/mol. The largest absolute Gasteiger partial charge is 0.491 e. The molecule has 0 aromatic heterocycles. The van der Waals surface area contributed by atoms with Crippen molar-refractivity contribution in [1.29, 1.82) is 0 Å². The Labute approximate surface area is 73.5 Å². The van der Waals surface area contributed by atoms with Gasteiger partial charge in [0, 0.05) is 0 Å². The van der Waals surface area contributed by atoms with Gasteiger partial charge in [-0.05, 0) is 23.1 Å². The van der Waals surface area contributed by atoms with Crippen LogP contribution in [0.5, 0.6) is 0 Å². The summed E-state index contributed by atoms with van der Waals surface area (Å²) in [6.45, 7) is 0.740. The van der Waals surface area contributed by atoms with Gasteiger partial charge < -0.3 is 5.73 Å². The first-order valence-corrected chi connectivity index (χ1v) is 4.46. The Balaban J connectivity index is 0.000000354. The third-order valence-electron chi connectivity index (χ3n) is 1.28. The molecule has 0 bridgehead atoms. The minimum Gasteiger partial charge on any atom is -0.330 e. The van der Waals surface area contributed by atoms with E-state index in [1.54, 1.807) is 0 Å². The van der Waals surface area contributed by atoms with Crippen molar-refractivity contribution in [2.24, 2.45) is 5.73 Å². The van der Waals surface area contributed by atoms with E-state index in [4.69, 9.17) is 15.2 Å². The van der Waals surface area contributed by atoms with E-state index in [1.807, 2.05) is 18.2 Å². The molecule has 0 aliphatic heterocycles. The zero-order chi connectivity index (χ0) is 9.23. The number of rotatable bonds is 2. The molecule has 0 spiro atoms. The van der Waals surface area contributed by atoms with Crippen LogP contribution in [0, 0.1) is 0 Å². The molecule has 0 amide bonds. The molecule has 0 aliphatic carbocycles. The molecule has 1 unspecified atom stereocenters. The number of hydrogen-bond acceptors (Lipinski definition) is 2. The molecule has 4 heteroatoms. The summed E-state index contributed by atoms with van der Waals surface area (Å²) in [5.74, 6) is 0. The Kier molecular flexibility index (Phi) is 7.81. The Morgan fingerprint density at radius 2 is 1.83 bits per heavy atom. The highest BCUT2D eigenvalue weighted by atomic mass is 31.1. The summed E-state index contributed by atoms with van der Waals surface area (Å²) in [5, 5.41) is 0. The first-order valence-electron chi connectivity index (χ1n) is 3.60. The average Bonchev–Trinajstić information content (AvgIpc) is 2.08. The lowest BCUT2D eigenvalue weighted by atomic mass is 10.2. The third-order valence-corrected chi connectivity index (χ3v) is 1.28. The van der Waals surface area contributed by atoms with Crippen molar-refractivity contribution in [3.63, 3.8) is 0 Å². The van der Waals surface area contributed by atoms with E-state index in [9.17, 15) is 0 Å². The Bertz CT molecular complexity index is 203. The fraction of sp³-hybridized carbons (Fsp3) is 0.250. The van der Waals surface area contributed by atoms with Crippen LogP contribution in [0.1, 0.15) is 5.56 Å². The highest BCUT2D eigenvalue weighted by molar-refractivity contribution is 7.16. The van der Waals surface area contributed by atoms with Crippen LogP contribution in [0.3, 0.4) is 0 Å². The predicted molar refractivity (Wildman–Crippen MR) is 50.4 cm³/mol. The van der Waals surface area contributed by atoms with Crippen LogP contribution < -0.4 is 5.73 Å². The van der Waals surface area contributed by atoms with E-state index in [2.05, 4.69) is 12.1 Å². The van der Waals surface area contributed by atoms with Crippen LogP contribution in [0.25, 0.3) is 0 Å². The normalized spacial score (nSPS) is 8.83. The fourth-order valence-electron chi connectivity index (χ4n) is 0.811. The Morgan fingerprint density at radius 3 is 2.25 bits per heavy atom. The van der Waals surface area contributed by atoms with Gasteiger partial charge in [-0.1, -0.05) is 30.3 Å². The summed E-state index contributed by atoms with van der Waals surface area (Å²) in [6.07, 6.45) is 0.987. The Morgan fingerprint density at radius 1 is 1.33 bits per heavy atom. The van der Waals surface area contributed by atoms with Crippen LogP contribution in [0.4, 0.5) is 0 Å². The molecular formula is C8H13NO2P+. The molecule has 1 atom stereocenters. The highest BCUT2D eigenvalue weighted by Gasteiger charge is 1.84. The molecule has 0 saturated carbocycles. The van der Waals surface area contributed by atoms with Gasteiger partial charge in [0.2, 0.25) is 0 Å². The highest BCUT2D eigenvalue weighted by Crippen LogP contribution is 1.96. The second-order valence-corrected chi connectivity index (χ2v) is 2.30. The van der Waals surface area contributed by atoms with Crippen molar-refractivity contribution in [3.05, 3.63) is 35.9 Å². The van der Waals surface area contributed by atoms with Gasteiger partial charge in [-0.3, -0.25) is 0 Å². The van der Waals surface area contributed by atoms with Gasteiger partial charge >= 0.3 is 8.69 Å². The molecule has 1 aromatic carbocycles. The van der Waals surface area contributed by atoms with Gasteiger partial charge in [0.1, 0.15) is 0 Å². The smallest absolute Gasteiger partial charge is 0.330 e. The monoisotopic (exact) mass is 186 g/mol. The molecule has 12 heavy (non-hydrogen) atoms. The molecule has 0 heterocycles. The first-order chi connectivity index (χ1) is 5.85. The van der Waals surface area contributed by atoms with Crippen LogP contribution in [-0.4, -0.2) is 11.4 Å². The standard InChI is InChI=1S/C8H11N.HO2P/c9-7-6-8-4-2-1-3-5-8;1-3-2/h1-5H,6-7,9H2;3H/p+1. The summed E-state index contributed by atoms with van der Waals surface area (Å²) in [4.78, 5) is 7.04. The van der Waals surface area contributed by atoms with Crippen molar-refractivity contribution in [2.75, 3.05) is 6.54 Å². The van der Waals surface area contributed by atoms with Crippen molar-refractivity contribution in [3.8, 4) is 0 Å². The summed E-state index contributed by atoms with van der Waals surface area (Å²) >= 11 is 0. The molecule has 0 radical (unpaired) electrons. The maximum Gasteiger partial charge on any atom is 0.491 e. The summed E-state index contributed by atoms with van der Waals surface area (Å²) in [5.41, 5.74) is 6.68. The molecule has 3 N–H and O–H groups in total. The predicted octanol–water partition coefficient (Wildman–Crippen LogP) is 1.11. The third kappa shape index (κ3) is 5.98. The topological polar surface area (TPSA) is 63.3 Å². The van der Waals surface area contributed by atoms with Crippen molar-refractivity contribution in [2.45, 2.75) is 6.42 Å². The van der Waals surface area contributed by atoms with E-state index in [0.29, 0.717) is 0 Å². The van der Waals surface area contributed by atoms with E-state index < -0.39 is 8.69 Å². The second kappa shape index (κ2) is 8.34. The average molecular weight is 186 g/mol. The summed E-state index contributed by atoms with van der Waals surface area (Å²) in [7, 11) is -1.17. The van der Waals surface area contributed by atoms with Gasteiger partial charge in [-0.2, -0.15) is 4.89 Å². The zero-order valence-electron chi connectivity index (χ0n) is 6.73. The molecule has 1 rings (SSSR count). The molecule has 3 nitrogen and oxygen atoms in total. The van der Waals surface area contributed by atoms with Crippen LogP contribution in [0.15, 0.2) is 30.3 Å². The molecule has 0 aliphatic rings. The number of benzene rings is 1. The van der Waals surface area contributed by atoms with Gasteiger partial charge in [0.15, 0.2) is 0 Å². The van der Waals surface area contributed by atoms with Gasteiger partial charge in [-0.15, -0.1) is 0 Å². The quantitative estimate of drug-likeness (QED) is 0.680. The van der Waals surface area contributed by atoms with Gasteiger partial charge in [-0.25, -0.2) is 0 Å². The number of hydrogen-bond donors (Lipinski definition) is 2. The van der Waals surface area contributed by atoms with E-state index >= 15 is 0 Å².